The fraction of sp³-hybridized carbons (Fsp3) is 0.105. The topological polar surface area (TPSA) is 73.2 Å². The standard InChI is InChI=1S/C19H15BrFN3O3S/c1-28-19-22-10-16(24(19)13-8-6-12(21)7-9-13)18(26)27-11-17(25)23-15-5-3-2-4-14(15)20/h2-10H,11H2,1H3,(H,23,25). The molecule has 0 saturated heterocycles. The molecule has 144 valence electrons. The van der Waals surface area contributed by atoms with Crippen LogP contribution in [0.15, 0.2) is 64.4 Å². The van der Waals surface area contributed by atoms with Gasteiger partial charge in [0.1, 0.15) is 5.82 Å². The Labute approximate surface area is 173 Å². The minimum Gasteiger partial charge on any atom is -0.451 e. The van der Waals surface area contributed by atoms with Crippen molar-refractivity contribution >= 4 is 45.3 Å². The number of rotatable bonds is 6. The van der Waals surface area contributed by atoms with E-state index in [1.54, 1.807) is 22.8 Å². The SMILES string of the molecule is CSc1ncc(C(=O)OCC(=O)Nc2ccccc2Br)n1-c1ccc(F)cc1. The molecule has 0 aliphatic carbocycles. The molecule has 1 N–H and O–H groups in total. The first-order chi connectivity index (χ1) is 13.5. The lowest BCUT2D eigenvalue weighted by Crippen LogP contribution is -2.22. The molecule has 0 spiro atoms. The number of aromatic nitrogens is 2. The summed E-state index contributed by atoms with van der Waals surface area (Å²) in [5, 5.41) is 3.19. The number of hydrogen-bond donors (Lipinski definition) is 1. The third kappa shape index (κ3) is 4.60. The quantitative estimate of drug-likeness (QED) is 0.435. The van der Waals surface area contributed by atoms with E-state index in [-0.39, 0.29) is 11.5 Å². The lowest BCUT2D eigenvalue weighted by atomic mass is 10.3. The Morgan fingerprint density at radius 1 is 1.21 bits per heavy atom. The Morgan fingerprint density at radius 3 is 2.61 bits per heavy atom. The summed E-state index contributed by atoms with van der Waals surface area (Å²) in [7, 11) is 0. The predicted molar refractivity (Wildman–Crippen MR) is 108 cm³/mol. The number of benzene rings is 2. The summed E-state index contributed by atoms with van der Waals surface area (Å²) >= 11 is 4.66. The van der Waals surface area contributed by atoms with E-state index >= 15 is 0 Å². The van der Waals surface area contributed by atoms with Crippen molar-refractivity contribution in [1.82, 2.24) is 9.55 Å². The van der Waals surface area contributed by atoms with Gasteiger partial charge in [0.15, 0.2) is 17.5 Å². The monoisotopic (exact) mass is 463 g/mol. The molecule has 1 amide bonds. The Kier molecular flexibility index (Phi) is 6.48. The van der Waals surface area contributed by atoms with Gasteiger partial charge in [-0.3, -0.25) is 9.36 Å². The number of nitrogens with one attached hydrogen (secondary N) is 1. The fourth-order valence-corrected chi connectivity index (χ4v) is 3.34. The summed E-state index contributed by atoms with van der Waals surface area (Å²) in [4.78, 5) is 28.8. The number of esters is 1. The lowest BCUT2D eigenvalue weighted by Gasteiger charge is -2.11. The number of amides is 1. The number of para-hydroxylation sites is 1. The van der Waals surface area contributed by atoms with Crippen LogP contribution in [0.4, 0.5) is 10.1 Å². The summed E-state index contributed by atoms with van der Waals surface area (Å²) in [5.41, 5.74) is 1.28. The van der Waals surface area contributed by atoms with Gasteiger partial charge in [0.2, 0.25) is 0 Å². The van der Waals surface area contributed by atoms with Crippen molar-refractivity contribution in [2.45, 2.75) is 5.16 Å². The van der Waals surface area contributed by atoms with Crippen molar-refractivity contribution in [1.29, 1.82) is 0 Å². The van der Waals surface area contributed by atoms with E-state index in [2.05, 4.69) is 26.2 Å². The van der Waals surface area contributed by atoms with Crippen molar-refractivity contribution in [3.63, 3.8) is 0 Å². The van der Waals surface area contributed by atoms with E-state index < -0.39 is 18.5 Å². The molecule has 0 atom stereocenters. The zero-order chi connectivity index (χ0) is 20.1. The van der Waals surface area contributed by atoms with Crippen molar-refractivity contribution in [2.75, 3.05) is 18.2 Å². The maximum atomic E-state index is 13.2. The molecule has 1 aromatic heterocycles. The molecule has 0 aliphatic rings. The minimum absolute atomic E-state index is 0.143. The van der Waals surface area contributed by atoms with Gasteiger partial charge in [-0.1, -0.05) is 23.9 Å². The Bertz CT molecular complexity index is 1010. The van der Waals surface area contributed by atoms with Gasteiger partial charge >= 0.3 is 5.97 Å². The number of ether oxygens (including phenoxy) is 1. The van der Waals surface area contributed by atoms with Crippen LogP contribution in [0.2, 0.25) is 0 Å². The van der Waals surface area contributed by atoms with Gasteiger partial charge in [-0.25, -0.2) is 14.2 Å². The maximum Gasteiger partial charge on any atom is 0.357 e. The van der Waals surface area contributed by atoms with Gasteiger partial charge in [-0.2, -0.15) is 0 Å². The van der Waals surface area contributed by atoms with Gasteiger partial charge in [-0.15, -0.1) is 0 Å². The van der Waals surface area contributed by atoms with Crippen molar-refractivity contribution in [3.05, 3.63) is 70.7 Å². The highest BCUT2D eigenvalue weighted by molar-refractivity contribution is 9.10. The second-order valence-corrected chi connectivity index (χ2v) is 7.17. The Morgan fingerprint density at radius 2 is 1.93 bits per heavy atom. The van der Waals surface area contributed by atoms with Crippen LogP contribution in [0.3, 0.4) is 0 Å². The number of hydrogen-bond acceptors (Lipinski definition) is 5. The molecule has 0 bridgehead atoms. The van der Waals surface area contributed by atoms with Gasteiger partial charge in [0, 0.05) is 10.2 Å². The van der Waals surface area contributed by atoms with Crippen LogP contribution >= 0.6 is 27.7 Å². The average Bonchev–Trinajstić information content (AvgIpc) is 3.13. The van der Waals surface area contributed by atoms with E-state index in [1.165, 1.54) is 42.2 Å². The van der Waals surface area contributed by atoms with E-state index in [1.807, 2.05) is 12.3 Å². The number of halogens is 2. The van der Waals surface area contributed by atoms with E-state index in [0.29, 0.717) is 21.0 Å². The highest BCUT2D eigenvalue weighted by Crippen LogP contribution is 2.23. The Hall–Kier alpha value is -2.65. The van der Waals surface area contributed by atoms with Gasteiger partial charge < -0.3 is 10.1 Å². The fourth-order valence-electron chi connectivity index (χ4n) is 2.42. The second kappa shape index (κ2) is 9.03. The molecule has 0 fully saturated rings. The number of thioether (sulfide) groups is 1. The van der Waals surface area contributed by atoms with Gasteiger partial charge in [0.05, 0.1) is 11.9 Å². The van der Waals surface area contributed by atoms with Crippen molar-refractivity contribution in [2.24, 2.45) is 0 Å². The first kappa shape index (κ1) is 20.1. The van der Waals surface area contributed by atoms with Crippen LogP contribution < -0.4 is 5.32 Å². The van der Waals surface area contributed by atoms with Crippen LogP contribution in [0, 0.1) is 5.82 Å². The summed E-state index contributed by atoms with van der Waals surface area (Å²) in [6.07, 6.45) is 3.17. The molecular weight excluding hydrogens is 449 g/mol. The van der Waals surface area contributed by atoms with Crippen molar-refractivity contribution < 1.29 is 18.7 Å². The molecule has 6 nitrogen and oxygen atoms in total. The van der Waals surface area contributed by atoms with E-state index in [0.717, 1.165) is 0 Å². The summed E-state index contributed by atoms with van der Waals surface area (Å²) in [5.74, 6) is -1.57. The predicted octanol–water partition coefficient (Wildman–Crippen LogP) is 4.29. The molecule has 0 unspecified atom stereocenters. The van der Waals surface area contributed by atoms with E-state index in [4.69, 9.17) is 4.74 Å². The minimum atomic E-state index is -0.709. The first-order valence-corrected chi connectivity index (χ1v) is 10.1. The molecule has 3 rings (SSSR count). The number of imidazole rings is 1. The second-order valence-electron chi connectivity index (χ2n) is 5.55. The third-order valence-electron chi connectivity index (χ3n) is 3.69. The zero-order valence-electron chi connectivity index (χ0n) is 14.7. The maximum absolute atomic E-state index is 13.2. The molecule has 0 radical (unpaired) electrons. The number of nitrogens with zero attached hydrogens (tertiary/aromatic N) is 2. The molecule has 3 aromatic rings. The number of carbonyl (C=O) groups excluding carboxylic acids is 2. The molecule has 9 heteroatoms. The molecule has 0 aliphatic heterocycles. The lowest BCUT2D eigenvalue weighted by molar-refractivity contribution is -0.119. The third-order valence-corrected chi connectivity index (χ3v) is 5.03. The average molecular weight is 464 g/mol. The Balaban J connectivity index is 1.72. The van der Waals surface area contributed by atoms with Gasteiger partial charge in [0.25, 0.3) is 5.91 Å². The number of carbonyl (C=O) groups is 2. The van der Waals surface area contributed by atoms with Crippen LogP contribution in [-0.4, -0.2) is 34.3 Å². The first-order valence-electron chi connectivity index (χ1n) is 8.08. The van der Waals surface area contributed by atoms with Crippen LogP contribution in [-0.2, 0) is 9.53 Å². The molecule has 0 saturated carbocycles. The number of anilines is 1. The van der Waals surface area contributed by atoms with E-state index in [9.17, 15) is 14.0 Å². The normalized spacial score (nSPS) is 10.5. The molecule has 2 aromatic carbocycles. The molecule has 1 heterocycles. The van der Waals surface area contributed by atoms with Crippen LogP contribution in [0.5, 0.6) is 0 Å². The van der Waals surface area contributed by atoms with Crippen molar-refractivity contribution in [3.8, 4) is 5.69 Å². The van der Waals surface area contributed by atoms with Crippen LogP contribution in [0.1, 0.15) is 10.5 Å². The molecular formula is C19H15BrFN3O3S. The summed E-state index contributed by atoms with van der Waals surface area (Å²) in [6.45, 7) is -0.455. The highest BCUT2D eigenvalue weighted by Gasteiger charge is 2.20. The van der Waals surface area contributed by atoms with Gasteiger partial charge in [-0.05, 0) is 58.6 Å². The summed E-state index contributed by atoms with van der Waals surface area (Å²) in [6, 6.07) is 12.8. The molecule has 28 heavy (non-hydrogen) atoms. The highest BCUT2D eigenvalue weighted by atomic mass is 79.9. The van der Waals surface area contributed by atoms with Crippen LogP contribution in [0.25, 0.3) is 5.69 Å². The zero-order valence-corrected chi connectivity index (χ0v) is 17.1. The summed E-state index contributed by atoms with van der Waals surface area (Å²) < 4.78 is 20.6. The largest absolute Gasteiger partial charge is 0.451 e. The smallest absolute Gasteiger partial charge is 0.357 e.